The normalized spacial score (nSPS) is 12.7. The fourth-order valence-electron chi connectivity index (χ4n) is 2.70. The van der Waals surface area contributed by atoms with Crippen molar-refractivity contribution in [2.24, 2.45) is 0 Å². The third-order valence-electron chi connectivity index (χ3n) is 4.65. The van der Waals surface area contributed by atoms with Crippen molar-refractivity contribution in [1.82, 2.24) is 20.4 Å². The molecule has 0 aliphatic carbocycles. The number of carbonyl (C=O) groups excluding carboxylic acids is 3. The average molecular weight is 430 g/mol. The maximum absolute atomic E-state index is 12.4. The number of urea groups is 1. The van der Waals surface area contributed by atoms with Gasteiger partial charge in [-0.1, -0.05) is 19.1 Å². The summed E-state index contributed by atoms with van der Waals surface area (Å²) in [5, 5.41) is 12.4. The monoisotopic (exact) mass is 429 g/mol. The Morgan fingerprint density at radius 2 is 1.74 bits per heavy atom. The molecule has 0 bridgehead atoms. The number of hydrogen-bond acceptors (Lipinski definition) is 5. The van der Waals surface area contributed by atoms with Gasteiger partial charge in [-0.2, -0.15) is 5.10 Å². The molecule has 2 aromatic rings. The lowest BCUT2D eigenvalue weighted by Gasteiger charge is -2.17. The third kappa shape index (κ3) is 7.13. The zero-order valence-corrected chi connectivity index (χ0v) is 18.6. The molecule has 0 aliphatic rings. The molecule has 9 nitrogen and oxygen atoms in total. The number of benzene rings is 1. The number of ether oxygens (including phenoxy) is 1. The molecule has 1 heterocycles. The van der Waals surface area contributed by atoms with E-state index in [9.17, 15) is 14.4 Å². The van der Waals surface area contributed by atoms with Crippen LogP contribution in [0.2, 0.25) is 0 Å². The summed E-state index contributed by atoms with van der Waals surface area (Å²) in [5.74, 6) is -0.480. The summed E-state index contributed by atoms with van der Waals surface area (Å²) in [6, 6.07) is 8.27. The molecule has 2 rings (SSSR count). The number of esters is 1. The lowest BCUT2D eigenvalue weighted by atomic mass is 10.1. The molecule has 3 amide bonds. The Bertz CT molecular complexity index is 892. The van der Waals surface area contributed by atoms with E-state index in [4.69, 9.17) is 4.74 Å². The highest BCUT2D eigenvalue weighted by atomic mass is 16.5. The molecule has 0 saturated carbocycles. The first-order valence-electron chi connectivity index (χ1n) is 10.4. The molecule has 9 heteroatoms. The van der Waals surface area contributed by atoms with Crippen molar-refractivity contribution in [3.63, 3.8) is 0 Å². The highest BCUT2D eigenvalue weighted by Crippen LogP contribution is 2.17. The Hall–Kier alpha value is -3.36. The van der Waals surface area contributed by atoms with Crippen LogP contribution < -0.4 is 16.0 Å². The maximum atomic E-state index is 12.4. The molecule has 0 fully saturated rings. The van der Waals surface area contributed by atoms with Crippen LogP contribution >= 0.6 is 0 Å². The van der Waals surface area contributed by atoms with E-state index in [1.54, 1.807) is 41.2 Å². The van der Waals surface area contributed by atoms with E-state index >= 15 is 0 Å². The molecule has 0 aliphatic heterocycles. The summed E-state index contributed by atoms with van der Waals surface area (Å²) in [5.41, 5.74) is 1.15. The van der Waals surface area contributed by atoms with E-state index in [0.717, 1.165) is 12.0 Å². The Labute approximate surface area is 182 Å². The average Bonchev–Trinajstić information content (AvgIpc) is 3.19. The molecule has 2 atom stereocenters. The van der Waals surface area contributed by atoms with Crippen LogP contribution in [0.5, 0.6) is 0 Å². The summed E-state index contributed by atoms with van der Waals surface area (Å²) in [7, 11) is 0. The van der Waals surface area contributed by atoms with E-state index in [0.29, 0.717) is 17.9 Å². The summed E-state index contributed by atoms with van der Waals surface area (Å²) >= 11 is 0. The van der Waals surface area contributed by atoms with E-state index in [1.165, 1.54) is 6.92 Å². The first-order chi connectivity index (χ1) is 14.7. The minimum absolute atomic E-state index is 0.0481. The summed E-state index contributed by atoms with van der Waals surface area (Å²) in [6.45, 7) is 9.63. The van der Waals surface area contributed by atoms with Gasteiger partial charge in [-0.3, -0.25) is 4.79 Å². The largest absolute Gasteiger partial charge is 0.449 e. The number of carbonyl (C=O) groups is 3. The van der Waals surface area contributed by atoms with Crippen molar-refractivity contribution in [2.45, 2.75) is 65.8 Å². The molecule has 31 heavy (non-hydrogen) atoms. The maximum Gasteiger partial charge on any atom is 0.338 e. The zero-order chi connectivity index (χ0) is 23.0. The lowest BCUT2D eigenvalue weighted by Crippen LogP contribution is -2.39. The van der Waals surface area contributed by atoms with Gasteiger partial charge >= 0.3 is 12.0 Å². The Balaban J connectivity index is 1.88. The molecule has 1 aromatic carbocycles. The smallest absolute Gasteiger partial charge is 0.338 e. The zero-order valence-electron chi connectivity index (χ0n) is 18.6. The number of amides is 3. The van der Waals surface area contributed by atoms with Crippen LogP contribution in [0.15, 0.2) is 36.5 Å². The van der Waals surface area contributed by atoms with Gasteiger partial charge in [-0.15, -0.1) is 0 Å². The number of anilines is 1. The molecule has 0 unspecified atom stereocenters. The summed E-state index contributed by atoms with van der Waals surface area (Å²) < 4.78 is 7.02. The SMILES string of the molecule is CC[C@@H](C)n1nccc1NC(=O)[C@H](C)OC(=O)c1ccc(CNC(=O)NC(C)C)cc1. The second kappa shape index (κ2) is 11.1. The number of rotatable bonds is 9. The van der Waals surface area contributed by atoms with Gasteiger partial charge in [-0.25, -0.2) is 14.3 Å². The number of nitrogens with one attached hydrogen (secondary N) is 3. The number of hydrogen-bond donors (Lipinski definition) is 3. The molecule has 3 N–H and O–H groups in total. The van der Waals surface area contributed by atoms with Crippen LogP contribution in [-0.2, 0) is 16.1 Å². The van der Waals surface area contributed by atoms with Crippen LogP contribution in [0.25, 0.3) is 0 Å². The van der Waals surface area contributed by atoms with Crippen LogP contribution in [0.4, 0.5) is 10.6 Å². The van der Waals surface area contributed by atoms with Gasteiger partial charge in [0, 0.05) is 18.7 Å². The topological polar surface area (TPSA) is 114 Å². The summed E-state index contributed by atoms with van der Waals surface area (Å²) in [6.07, 6.45) is 1.50. The van der Waals surface area contributed by atoms with Crippen molar-refractivity contribution < 1.29 is 19.1 Å². The van der Waals surface area contributed by atoms with Crippen molar-refractivity contribution >= 4 is 23.7 Å². The highest BCUT2D eigenvalue weighted by molar-refractivity contribution is 5.96. The van der Waals surface area contributed by atoms with Crippen LogP contribution in [0.1, 0.15) is 63.0 Å². The van der Waals surface area contributed by atoms with Gasteiger partial charge in [0.1, 0.15) is 5.82 Å². The molecular weight excluding hydrogens is 398 g/mol. The molecule has 0 radical (unpaired) electrons. The van der Waals surface area contributed by atoms with E-state index in [2.05, 4.69) is 21.0 Å². The van der Waals surface area contributed by atoms with E-state index < -0.39 is 18.0 Å². The van der Waals surface area contributed by atoms with E-state index in [-0.39, 0.29) is 18.1 Å². The fourth-order valence-corrected chi connectivity index (χ4v) is 2.70. The van der Waals surface area contributed by atoms with E-state index in [1.807, 2.05) is 27.7 Å². The van der Waals surface area contributed by atoms with Crippen LogP contribution in [-0.4, -0.2) is 39.8 Å². The number of aromatic nitrogens is 2. The van der Waals surface area contributed by atoms with Crippen molar-refractivity contribution in [2.75, 3.05) is 5.32 Å². The first-order valence-corrected chi connectivity index (χ1v) is 10.4. The molecular formula is C22H31N5O4. The second-order valence-electron chi connectivity index (χ2n) is 7.63. The fraction of sp³-hybridized carbons (Fsp3) is 0.455. The highest BCUT2D eigenvalue weighted by Gasteiger charge is 2.21. The van der Waals surface area contributed by atoms with Crippen LogP contribution in [0.3, 0.4) is 0 Å². The lowest BCUT2D eigenvalue weighted by molar-refractivity contribution is -0.123. The third-order valence-corrected chi connectivity index (χ3v) is 4.65. The molecule has 0 spiro atoms. The van der Waals surface area contributed by atoms with Crippen molar-refractivity contribution in [3.05, 3.63) is 47.7 Å². The molecule has 1 aromatic heterocycles. The second-order valence-corrected chi connectivity index (χ2v) is 7.63. The quantitative estimate of drug-likeness (QED) is 0.530. The summed E-state index contributed by atoms with van der Waals surface area (Å²) in [4.78, 5) is 36.5. The molecule has 168 valence electrons. The van der Waals surface area contributed by atoms with Gasteiger partial charge in [-0.05, 0) is 51.8 Å². The van der Waals surface area contributed by atoms with Gasteiger partial charge in [0.25, 0.3) is 5.91 Å². The Kier molecular flexibility index (Phi) is 8.60. The van der Waals surface area contributed by atoms with Crippen molar-refractivity contribution in [1.29, 1.82) is 0 Å². The van der Waals surface area contributed by atoms with Gasteiger partial charge in [0.15, 0.2) is 6.10 Å². The predicted molar refractivity (Wildman–Crippen MR) is 118 cm³/mol. The predicted octanol–water partition coefficient (Wildman–Crippen LogP) is 3.25. The van der Waals surface area contributed by atoms with Gasteiger partial charge in [0.05, 0.1) is 17.8 Å². The Morgan fingerprint density at radius 3 is 2.35 bits per heavy atom. The van der Waals surface area contributed by atoms with Gasteiger partial charge < -0.3 is 20.7 Å². The minimum atomic E-state index is -0.978. The Morgan fingerprint density at radius 1 is 1.06 bits per heavy atom. The first kappa shape index (κ1) is 23.9. The van der Waals surface area contributed by atoms with Crippen LogP contribution in [0, 0.1) is 0 Å². The number of nitrogens with zero attached hydrogens (tertiary/aromatic N) is 2. The standard InChI is InChI=1S/C22H31N5O4/c1-6-15(4)27-19(11-12-24-27)26-20(28)16(5)31-21(29)18-9-7-17(8-10-18)13-23-22(30)25-14(2)3/h7-12,14-16H,6,13H2,1-5H3,(H,26,28)(H2,23,25,30)/t15-,16+/m1/s1. The minimum Gasteiger partial charge on any atom is -0.449 e. The molecule has 0 saturated heterocycles. The van der Waals surface area contributed by atoms with Gasteiger partial charge in [0.2, 0.25) is 0 Å². The van der Waals surface area contributed by atoms with Crippen molar-refractivity contribution in [3.8, 4) is 0 Å².